The molecule has 1 atom stereocenters. The molecule has 0 aromatic heterocycles. The smallest absolute Gasteiger partial charge is 0.124 e. The second-order valence-corrected chi connectivity index (χ2v) is 5.52. The molecule has 0 fully saturated rings. The Morgan fingerprint density at radius 3 is 2.65 bits per heavy atom. The maximum Gasteiger partial charge on any atom is 0.124 e. The van der Waals surface area contributed by atoms with Crippen LogP contribution in [-0.4, -0.2) is 12.2 Å². The number of phenolic OH excluding ortho intramolecular Hbond substituents is 1. The summed E-state index contributed by atoms with van der Waals surface area (Å²) in [5.41, 5.74) is 3.01. The first kappa shape index (κ1) is 14.7. The lowest BCUT2D eigenvalue weighted by Gasteiger charge is -2.19. The summed E-state index contributed by atoms with van der Waals surface area (Å²) in [7, 11) is 1.58. The molecule has 2 rings (SSSR count). The van der Waals surface area contributed by atoms with Gasteiger partial charge in [-0.2, -0.15) is 0 Å². The van der Waals surface area contributed by atoms with Crippen LogP contribution in [0.15, 0.2) is 40.9 Å². The van der Waals surface area contributed by atoms with E-state index >= 15 is 0 Å². The Morgan fingerprint density at radius 1 is 1.25 bits per heavy atom. The topological polar surface area (TPSA) is 41.5 Å². The van der Waals surface area contributed by atoms with Crippen LogP contribution in [0.3, 0.4) is 0 Å². The third-order valence-electron chi connectivity index (χ3n) is 3.27. The second kappa shape index (κ2) is 6.18. The molecule has 0 amide bonds. The number of methoxy groups -OCH3 is 1. The monoisotopic (exact) mass is 335 g/mol. The van der Waals surface area contributed by atoms with Crippen molar-refractivity contribution in [2.45, 2.75) is 19.9 Å². The molecule has 0 aliphatic heterocycles. The summed E-state index contributed by atoms with van der Waals surface area (Å²) in [6.45, 7) is 4.06. The maximum absolute atomic E-state index is 10.1. The highest BCUT2D eigenvalue weighted by molar-refractivity contribution is 9.10. The van der Waals surface area contributed by atoms with E-state index in [0.717, 1.165) is 15.7 Å². The number of hydrogen-bond acceptors (Lipinski definition) is 3. The van der Waals surface area contributed by atoms with E-state index < -0.39 is 0 Å². The Morgan fingerprint density at radius 2 is 2.00 bits per heavy atom. The summed E-state index contributed by atoms with van der Waals surface area (Å²) in [4.78, 5) is 0. The van der Waals surface area contributed by atoms with Crippen LogP contribution in [0.1, 0.15) is 24.1 Å². The number of nitrogens with one attached hydrogen (secondary N) is 1. The van der Waals surface area contributed by atoms with Gasteiger partial charge in [0.1, 0.15) is 11.5 Å². The molecule has 2 aromatic rings. The van der Waals surface area contributed by atoms with Crippen LogP contribution in [0, 0.1) is 6.92 Å². The van der Waals surface area contributed by atoms with E-state index in [4.69, 9.17) is 4.74 Å². The largest absolute Gasteiger partial charge is 0.507 e. The molecule has 106 valence electrons. The van der Waals surface area contributed by atoms with Gasteiger partial charge in [-0.1, -0.05) is 12.1 Å². The molecule has 1 unspecified atom stereocenters. The van der Waals surface area contributed by atoms with Gasteiger partial charge < -0.3 is 15.2 Å². The number of aryl methyl sites for hydroxylation is 1. The maximum atomic E-state index is 10.1. The van der Waals surface area contributed by atoms with Gasteiger partial charge in [-0.05, 0) is 53.5 Å². The summed E-state index contributed by atoms with van der Waals surface area (Å²) in [6, 6.07) is 11.4. The molecule has 0 aliphatic carbocycles. The first-order valence-corrected chi connectivity index (χ1v) is 7.20. The van der Waals surface area contributed by atoms with E-state index in [-0.39, 0.29) is 11.8 Å². The number of ether oxygens (including phenoxy) is 1. The van der Waals surface area contributed by atoms with Gasteiger partial charge >= 0.3 is 0 Å². The van der Waals surface area contributed by atoms with Crippen molar-refractivity contribution >= 4 is 21.6 Å². The number of rotatable bonds is 4. The van der Waals surface area contributed by atoms with Crippen molar-refractivity contribution in [1.82, 2.24) is 0 Å². The molecule has 0 spiro atoms. The zero-order valence-corrected chi connectivity index (χ0v) is 13.4. The average molecular weight is 336 g/mol. The molecular weight excluding hydrogens is 318 g/mol. The van der Waals surface area contributed by atoms with Crippen LogP contribution in [0.4, 0.5) is 5.69 Å². The van der Waals surface area contributed by atoms with Crippen molar-refractivity contribution in [2.24, 2.45) is 0 Å². The van der Waals surface area contributed by atoms with Gasteiger partial charge in [-0.25, -0.2) is 0 Å². The van der Waals surface area contributed by atoms with Crippen molar-refractivity contribution in [2.75, 3.05) is 12.4 Å². The van der Waals surface area contributed by atoms with Gasteiger partial charge in [0.2, 0.25) is 0 Å². The zero-order valence-electron chi connectivity index (χ0n) is 11.8. The fourth-order valence-corrected chi connectivity index (χ4v) is 2.47. The fourth-order valence-electron chi connectivity index (χ4n) is 2.09. The quantitative estimate of drug-likeness (QED) is 0.854. The van der Waals surface area contributed by atoms with E-state index in [1.165, 1.54) is 5.56 Å². The molecule has 0 heterocycles. The zero-order chi connectivity index (χ0) is 14.7. The fraction of sp³-hybridized carbons (Fsp3) is 0.250. The number of halogens is 1. The molecule has 0 aliphatic rings. The van der Waals surface area contributed by atoms with Gasteiger partial charge in [0.25, 0.3) is 0 Å². The second-order valence-electron chi connectivity index (χ2n) is 4.73. The highest BCUT2D eigenvalue weighted by Gasteiger charge is 2.13. The summed E-state index contributed by atoms with van der Waals surface area (Å²) in [5, 5.41) is 13.5. The lowest BCUT2D eigenvalue weighted by Crippen LogP contribution is -2.07. The Labute approximate surface area is 127 Å². The van der Waals surface area contributed by atoms with Gasteiger partial charge in [0, 0.05) is 21.8 Å². The SMILES string of the molecule is COc1ccc(C(C)Nc2cccc(C)c2Br)c(O)c1. The van der Waals surface area contributed by atoms with E-state index in [1.807, 2.05) is 44.2 Å². The first-order valence-electron chi connectivity index (χ1n) is 6.41. The van der Waals surface area contributed by atoms with Crippen LogP contribution in [0.5, 0.6) is 11.5 Å². The molecule has 2 aromatic carbocycles. The van der Waals surface area contributed by atoms with Crippen LogP contribution in [-0.2, 0) is 0 Å². The number of hydrogen-bond donors (Lipinski definition) is 2. The molecule has 3 nitrogen and oxygen atoms in total. The lowest BCUT2D eigenvalue weighted by molar-refractivity contribution is 0.406. The standard InChI is InChI=1S/C16H18BrNO2/c1-10-5-4-6-14(16(10)17)18-11(2)13-8-7-12(20-3)9-15(13)19/h4-9,11,18-19H,1-3H3. The van der Waals surface area contributed by atoms with Gasteiger partial charge in [-0.15, -0.1) is 0 Å². The van der Waals surface area contributed by atoms with E-state index in [1.54, 1.807) is 13.2 Å². The number of benzene rings is 2. The molecule has 2 N–H and O–H groups in total. The normalized spacial score (nSPS) is 12.0. The third kappa shape index (κ3) is 3.07. The van der Waals surface area contributed by atoms with Gasteiger partial charge in [0.15, 0.2) is 0 Å². The molecule has 4 heteroatoms. The number of anilines is 1. The van der Waals surface area contributed by atoms with Crippen LogP contribution in [0.2, 0.25) is 0 Å². The Bertz CT molecular complexity index is 613. The van der Waals surface area contributed by atoms with Crippen LogP contribution < -0.4 is 10.1 Å². The molecule has 0 radical (unpaired) electrons. The summed E-state index contributed by atoms with van der Waals surface area (Å²) >= 11 is 3.58. The molecule has 0 saturated heterocycles. The van der Waals surface area contributed by atoms with Crippen molar-refractivity contribution < 1.29 is 9.84 Å². The summed E-state index contributed by atoms with van der Waals surface area (Å²) in [6.07, 6.45) is 0. The molecule has 0 bridgehead atoms. The third-order valence-corrected chi connectivity index (χ3v) is 4.32. The van der Waals surface area contributed by atoms with Crippen molar-refractivity contribution in [1.29, 1.82) is 0 Å². The number of phenols is 1. The Balaban J connectivity index is 2.24. The highest BCUT2D eigenvalue weighted by atomic mass is 79.9. The van der Waals surface area contributed by atoms with Gasteiger partial charge in [0.05, 0.1) is 13.2 Å². The summed E-state index contributed by atoms with van der Waals surface area (Å²) in [5.74, 6) is 0.878. The molecule has 0 saturated carbocycles. The van der Waals surface area contributed by atoms with E-state index in [2.05, 4.69) is 21.2 Å². The predicted octanol–water partition coefficient (Wildman–Crippen LogP) is 4.64. The molecular formula is C16H18BrNO2. The van der Waals surface area contributed by atoms with Crippen molar-refractivity contribution in [3.05, 3.63) is 52.0 Å². The van der Waals surface area contributed by atoms with E-state index in [0.29, 0.717) is 5.75 Å². The van der Waals surface area contributed by atoms with Crippen LogP contribution in [0.25, 0.3) is 0 Å². The van der Waals surface area contributed by atoms with Crippen molar-refractivity contribution in [3.8, 4) is 11.5 Å². The minimum atomic E-state index is -0.0148. The Kier molecular flexibility index (Phi) is 4.55. The van der Waals surface area contributed by atoms with Gasteiger partial charge in [-0.3, -0.25) is 0 Å². The van der Waals surface area contributed by atoms with E-state index in [9.17, 15) is 5.11 Å². The van der Waals surface area contributed by atoms with Crippen LogP contribution >= 0.6 is 15.9 Å². The highest BCUT2D eigenvalue weighted by Crippen LogP contribution is 2.33. The summed E-state index contributed by atoms with van der Waals surface area (Å²) < 4.78 is 6.14. The van der Waals surface area contributed by atoms with Crippen molar-refractivity contribution in [3.63, 3.8) is 0 Å². The minimum Gasteiger partial charge on any atom is -0.507 e. The minimum absolute atomic E-state index is 0.0148. The lowest BCUT2D eigenvalue weighted by atomic mass is 10.1. The Hall–Kier alpha value is -1.68. The number of aromatic hydroxyl groups is 1. The first-order chi connectivity index (χ1) is 9.52. The average Bonchev–Trinajstić information content (AvgIpc) is 2.43. The molecule has 20 heavy (non-hydrogen) atoms. The predicted molar refractivity (Wildman–Crippen MR) is 85.6 cm³/mol.